The van der Waals surface area contributed by atoms with Gasteiger partial charge in [0, 0.05) is 23.7 Å². The summed E-state index contributed by atoms with van der Waals surface area (Å²) in [4.78, 5) is 20.9. The van der Waals surface area contributed by atoms with Crippen LogP contribution in [0.2, 0.25) is 0 Å². The molecule has 0 radical (unpaired) electrons. The molecule has 5 saturated heterocycles. The molecule has 5 heterocycles. The molecular weight excluding hydrogens is 244 g/mol. The lowest BCUT2D eigenvalue weighted by Gasteiger charge is -2.31. The first-order valence-electron chi connectivity index (χ1n) is 6.51. The molecule has 6 rings (SSSR count). The second-order valence-electron chi connectivity index (χ2n) is 5.91. The molecule has 4 bridgehead atoms. The average molecular weight is 256 g/mol. The normalized spacial score (nSPS) is 70.7. The number of hydrogen-bond acceptors (Lipinski definition) is 7. The lowest BCUT2D eigenvalue weighted by atomic mass is 9.80. The number of hydrogen-bond donors (Lipinski definition) is 0. The van der Waals surface area contributed by atoms with Crippen molar-refractivity contribution >= 4 is 0 Å². The van der Waals surface area contributed by atoms with E-state index in [4.69, 9.17) is 33.8 Å². The van der Waals surface area contributed by atoms with Gasteiger partial charge in [-0.15, -0.1) is 0 Å². The van der Waals surface area contributed by atoms with Gasteiger partial charge in [0.05, 0.1) is 0 Å². The lowest BCUT2D eigenvalue weighted by Crippen LogP contribution is -2.43. The van der Waals surface area contributed by atoms with Gasteiger partial charge in [-0.05, 0) is 6.42 Å². The van der Waals surface area contributed by atoms with Crippen molar-refractivity contribution in [1.29, 1.82) is 0 Å². The second-order valence-corrected chi connectivity index (χ2v) is 5.91. The molecule has 98 valence electrons. The fourth-order valence-corrected chi connectivity index (χ4v) is 4.75. The van der Waals surface area contributed by atoms with Crippen LogP contribution >= 0.6 is 0 Å². The van der Waals surface area contributed by atoms with Gasteiger partial charge in [-0.25, -0.2) is 9.78 Å². The Morgan fingerprint density at radius 3 is 1.61 bits per heavy atom. The zero-order valence-corrected chi connectivity index (χ0v) is 9.34. The van der Waals surface area contributed by atoms with Gasteiger partial charge >= 0.3 is 0 Å². The van der Waals surface area contributed by atoms with Gasteiger partial charge in [-0.1, -0.05) is 0 Å². The zero-order valence-electron chi connectivity index (χ0n) is 9.34. The molecule has 1 aliphatic carbocycles. The summed E-state index contributed by atoms with van der Waals surface area (Å²) in [6.07, 6.45) is -0.513. The van der Waals surface area contributed by atoms with Crippen LogP contribution in [0.3, 0.4) is 0 Å². The van der Waals surface area contributed by atoms with Crippen LogP contribution in [0.1, 0.15) is 6.42 Å². The number of fused-ring (bicyclic) bond motifs is 8. The summed E-state index contributed by atoms with van der Waals surface area (Å²) in [5, 5.41) is 0. The molecule has 6 aliphatic rings. The van der Waals surface area contributed by atoms with Gasteiger partial charge < -0.3 is 14.2 Å². The van der Waals surface area contributed by atoms with Crippen molar-refractivity contribution < 1.29 is 33.8 Å². The van der Waals surface area contributed by atoms with Crippen LogP contribution in [0.25, 0.3) is 0 Å². The van der Waals surface area contributed by atoms with Gasteiger partial charge in [-0.3, -0.25) is 0 Å². The Labute approximate surface area is 102 Å². The maximum absolute atomic E-state index is 6.07. The molecule has 10 atom stereocenters. The minimum Gasteiger partial charge on any atom is -0.364 e. The SMILES string of the molecule is C1[C@@H]2[C@H]3OO[C@H](O3)[C@@H]3O[C@@H]4[C@H]5OO[C@H](O5)[C@H]1[C@@H]4[C@H]23. The molecule has 0 aromatic carbocycles. The molecule has 0 aromatic heterocycles. The van der Waals surface area contributed by atoms with E-state index in [2.05, 4.69) is 0 Å². The van der Waals surface area contributed by atoms with Crippen molar-refractivity contribution in [2.75, 3.05) is 0 Å². The smallest absolute Gasteiger partial charge is 0.220 e. The molecule has 1 saturated carbocycles. The van der Waals surface area contributed by atoms with Crippen molar-refractivity contribution in [2.45, 2.75) is 43.8 Å². The molecule has 6 fully saturated rings. The predicted octanol–water partition coefficient (Wildman–Crippen LogP) is -0.0893. The van der Waals surface area contributed by atoms with Gasteiger partial charge in [-0.2, -0.15) is 9.78 Å². The summed E-state index contributed by atoms with van der Waals surface area (Å²) < 4.78 is 17.5. The van der Waals surface area contributed by atoms with E-state index in [1.165, 1.54) is 0 Å². The molecule has 7 nitrogen and oxygen atoms in total. The minimum atomic E-state index is -0.403. The first-order valence-corrected chi connectivity index (χ1v) is 6.51. The quantitative estimate of drug-likeness (QED) is 0.561. The first kappa shape index (κ1) is 9.60. The van der Waals surface area contributed by atoms with E-state index in [9.17, 15) is 0 Å². The highest BCUT2D eigenvalue weighted by Gasteiger charge is 2.71. The van der Waals surface area contributed by atoms with E-state index >= 15 is 0 Å². The Balaban J connectivity index is 1.50. The predicted molar refractivity (Wildman–Crippen MR) is 48.9 cm³/mol. The summed E-state index contributed by atoms with van der Waals surface area (Å²) in [6, 6.07) is 0. The van der Waals surface area contributed by atoms with Crippen molar-refractivity contribution in [2.24, 2.45) is 23.7 Å². The summed E-state index contributed by atoms with van der Waals surface area (Å²) in [6.45, 7) is 0. The highest BCUT2D eigenvalue weighted by Crippen LogP contribution is 2.62. The van der Waals surface area contributed by atoms with Crippen LogP contribution in [0, 0.1) is 23.7 Å². The monoisotopic (exact) mass is 256 g/mol. The molecule has 0 unspecified atom stereocenters. The first-order chi connectivity index (χ1) is 8.90. The van der Waals surface area contributed by atoms with Crippen molar-refractivity contribution in [3.05, 3.63) is 0 Å². The van der Waals surface area contributed by atoms with Crippen LogP contribution < -0.4 is 0 Å². The fourth-order valence-electron chi connectivity index (χ4n) is 4.75. The molecule has 5 aliphatic heterocycles. The lowest BCUT2D eigenvalue weighted by molar-refractivity contribution is -0.318. The Kier molecular flexibility index (Phi) is 1.55. The third kappa shape index (κ3) is 0.894. The maximum Gasteiger partial charge on any atom is 0.220 e. The van der Waals surface area contributed by atoms with Gasteiger partial charge in [0.15, 0.2) is 12.6 Å². The Bertz CT molecular complexity index is 346. The van der Waals surface area contributed by atoms with Crippen LogP contribution in [0.4, 0.5) is 0 Å². The topological polar surface area (TPSA) is 64.6 Å². The minimum absolute atomic E-state index is 0.0692. The van der Waals surface area contributed by atoms with E-state index < -0.39 is 12.6 Å². The second kappa shape index (κ2) is 2.90. The van der Waals surface area contributed by atoms with E-state index in [0.29, 0.717) is 23.7 Å². The summed E-state index contributed by atoms with van der Waals surface area (Å²) in [5.41, 5.74) is 0. The fraction of sp³-hybridized carbons (Fsp3) is 1.00. The third-order valence-corrected chi connectivity index (χ3v) is 5.31. The van der Waals surface area contributed by atoms with E-state index in [1.54, 1.807) is 0 Å². The molecular formula is C11H12O7. The Morgan fingerprint density at radius 1 is 0.556 bits per heavy atom. The summed E-state index contributed by atoms with van der Waals surface area (Å²) in [5.74, 6) is 1.43. The van der Waals surface area contributed by atoms with E-state index in [-0.39, 0.29) is 24.8 Å². The van der Waals surface area contributed by atoms with Gasteiger partial charge in [0.25, 0.3) is 0 Å². The molecule has 0 spiro atoms. The third-order valence-electron chi connectivity index (χ3n) is 5.31. The van der Waals surface area contributed by atoms with Crippen molar-refractivity contribution in [3.63, 3.8) is 0 Å². The standard InChI is InChI=1S/C11H12O7/c1-2-4-5-3(1)9-14-11(18-16-9)7(5)12-6(4)10-13-8(2)15-17-10/h2-11H,1H2/t2-,3+,4-,5+,6+,7-,8+,9-,10-,11+. The highest BCUT2D eigenvalue weighted by molar-refractivity contribution is 5.10. The maximum atomic E-state index is 6.07. The molecule has 0 N–H and O–H groups in total. The molecule has 7 heteroatoms. The number of rotatable bonds is 0. The van der Waals surface area contributed by atoms with Gasteiger partial charge in [0.1, 0.15) is 12.2 Å². The summed E-state index contributed by atoms with van der Waals surface area (Å²) >= 11 is 0. The largest absolute Gasteiger partial charge is 0.364 e. The summed E-state index contributed by atoms with van der Waals surface area (Å²) in [7, 11) is 0. The zero-order chi connectivity index (χ0) is 11.4. The molecule has 18 heavy (non-hydrogen) atoms. The van der Waals surface area contributed by atoms with Crippen LogP contribution in [-0.4, -0.2) is 37.4 Å². The Morgan fingerprint density at radius 2 is 1.06 bits per heavy atom. The Hall–Kier alpha value is -0.280. The van der Waals surface area contributed by atoms with Crippen molar-refractivity contribution in [3.8, 4) is 0 Å². The molecule has 0 amide bonds. The van der Waals surface area contributed by atoms with Crippen LogP contribution in [-0.2, 0) is 33.8 Å². The van der Waals surface area contributed by atoms with Crippen molar-refractivity contribution in [1.82, 2.24) is 0 Å². The van der Waals surface area contributed by atoms with E-state index in [0.717, 1.165) is 6.42 Å². The highest BCUT2D eigenvalue weighted by atomic mass is 17.3. The average Bonchev–Trinajstić information content (AvgIpc) is 3.08. The van der Waals surface area contributed by atoms with Crippen LogP contribution in [0.15, 0.2) is 0 Å². The van der Waals surface area contributed by atoms with Crippen LogP contribution in [0.5, 0.6) is 0 Å². The number of ether oxygens (including phenoxy) is 3. The molecule has 0 aromatic rings. The van der Waals surface area contributed by atoms with Gasteiger partial charge in [0.2, 0.25) is 12.6 Å². The van der Waals surface area contributed by atoms with E-state index in [1.807, 2.05) is 0 Å².